The molecule has 0 bridgehead atoms. The van der Waals surface area contributed by atoms with Gasteiger partial charge in [0.15, 0.2) is 0 Å². The zero-order valence-corrected chi connectivity index (χ0v) is 13.7. The van der Waals surface area contributed by atoms with Gasteiger partial charge in [-0.3, -0.25) is 0 Å². The second kappa shape index (κ2) is 9.00. The van der Waals surface area contributed by atoms with E-state index < -0.39 is 8.80 Å². The summed E-state index contributed by atoms with van der Waals surface area (Å²) in [6, 6.07) is 7.52. The molecule has 0 aliphatic rings. The summed E-state index contributed by atoms with van der Waals surface area (Å²) in [6.45, 7) is 2.96. The number of thiocyanates is 1. The molecule has 0 unspecified atom stereocenters. The molecule has 5 nitrogen and oxygen atoms in total. The normalized spacial score (nSPS) is 11.1. The highest BCUT2D eigenvalue weighted by molar-refractivity contribution is 8.03. The molecule has 0 fully saturated rings. The lowest BCUT2D eigenvalue weighted by Crippen LogP contribution is -2.55. The summed E-state index contributed by atoms with van der Waals surface area (Å²) >= 11 is 1.15. The summed E-state index contributed by atoms with van der Waals surface area (Å²) in [6.07, 6.45) is 0. The Balaban J connectivity index is 2.80. The maximum Gasteiger partial charge on any atom is 0.536 e. The van der Waals surface area contributed by atoms with Gasteiger partial charge in [-0.1, -0.05) is 12.1 Å². The van der Waals surface area contributed by atoms with Crippen LogP contribution in [0.4, 0.5) is 0 Å². The van der Waals surface area contributed by atoms with E-state index in [4.69, 9.17) is 23.3 Å². The minimum Gasteiger partial charge on any atom is -0.494 e. The van der Waals surface area contributed by atoms with Crippen LogP contribution >= 0.6 is 11.8 Å². The third kappa shape index (κ3) is 4.51. The Kier molecular flexibility index (Phi) is 7.65. The molecule has 7 heteroatoms. The first-order valence-corrected chi connectivity index (χ1v) is 8.92. The molecule has 0 heterocycles. The van der Waals surface area contributed by atoms with Crippen LogP contribution in [0.5, 0.6) is 5.75 Å². The molecule has 20 heavy (non-hydrogen) atoms. The molecule has 110 valence electrons. The summed E-state index contributed by atoms with van der Waals surface area (Å²) in [7, 11) is 0.252. The Labute approximate surface area is 125 Å². The van der Waals surface area contributed by atoms with Crippen LogP contribution in [0.15, 0.2) is 24.3 Å². The van der Waals surface area contributed by atoms with Crippen molar-refractivity contribution in [3.8, 4) is 11.2 Å². The first-order valence-electron chi connectivity index (χ1n) is 6.21. The third-order valence-corrected chi connectivity index (χ3v) is 5.80. The minimum absolute atomic E-state index is 0.402. The average molecular weight is 313 g/mol. The quantitative estimate of drug-likeness (QED) is 0.393. The molecular weight excluding hydrogens is 294 g/mol. The van der Waals surface area contributed by atoms with E-state index in [2.05, 4.69) is 0 Å². The van der Waals surface area contributed by atoms with Gasteiger partial charge >= 0.3 is 8.80 Å². The molecule has 0 saturated heterocycles. The number of rotatable bonds is 9. The molecule has 0 aliphatic heterocycles. The third-order valence-electron chi connectivity index (χ3n) is 2.60. The molecule has 0 aliphatic carbocycles. The maximum atomic E-state index is 8.50. The van der Waals surface area contributed by atoms with Gasteiger partial charge in [0, 0.05) is 31.8 Å². The lowest BCUT2D eigenvalue weighted by Gasteiger charge is -2.26. The number of nitrogens with zero attached hydrogens (tertiary/aromatic N) is 1. The number of ether oxygens (including phenoxy) is 1. The van der Waals surface area contributed by atoms with Crippen molar-refractivity contribution in [2.45, 2.75) is 6.92 Å². The van der Waals surface area contributed by atoms with Gasteiger partial charge in [0.05, 0.1) is 6.61 Å². The van der Waals surface area contributed by atoms with Crippen molar-refractivity contribution in [2.75, 3.05) is 33.2 Å². The Morgan fingerprint density at radius 1 is 1.20 bits per heavy atom. The molecule has 0 amide bonds. The van der Waals surface area contributed by atoms with Gasteiger partial charge < -0.3 is 18.0 Å². The highest BCUT2D eigenvalue weighted by Crippen LogP contribution is 2.13. The van der Waals surface area contributed by atoms with Gasteiger partial charge in [-0.25, -0.2) is 0 Å². The first kappa shape index (κ1) is 17.0. The van der Waals surface area contributed by atoms with Gasteiger partial charge in [-0.05, 0) is 30.8 Å². The summed E-state index contributed by atoms with van der Waals surface area (Å²) in [5, 5.41) is 11.4. The molecule has 0 radical (unpaired) electrons. The molecule has 1 aromatic rings. The number of hydrogen-bond acceptors (Lipinski definition) is 6. The largest absolute Gasteiger partial charge is 0.536 e. The lowest BCUT2D eigenvalue weighted by molar-refractivity contribution is 0.121. The van der Waals surface area contributed by atoms with Crippen LogP contribution in [0.1, 0.15) is 6.92 Å². The number of nitriles is 1. The molecule has 0 saturated carbocycles. The zero-order chi connectivity index (χ0) is 14.8. The molecule has 0 aromatic heterocycles. The SMILES string of the molecule is CCOc1ccc([Si](OC)(OC)OCCSC#N)cc1. The van der Waals surface area contributed by atoms with Crippen LogP contribution in [0.2, 0.25) is 0 Å². The van der Waals surface area contributed by atoms with E-state index in [-0.39, 0.29) is 0 Å². The van der Waals surface area contributed by atoms with Gasteiger partial charge in [-0.2, -0.15) is 5.26 Å². The van der Waals surface area contributed by atoms with E-state index in [9.17, 15) is 0 Å². The number of benzene rings is 1. The fourth-order valence-corrected chi connectivity index (χ4v) is 4.10. The Morgan fingerprint density at radius 3 is 2.35 bits per heavy atom. The van der Waals surface area contributed by atoms with Crippen LogP contribution in [0.3, 0.4) is 0 Å². The summed E-state index contributed by atoms with van der Waals surface area (Å²) in [4.78, 5) is 0. The van der Waals surface area contributed by atoms with Crippen molar-refractivity contribution in [1.82, 2.24) is 0 Å². The van der Waals surface area contributed by atoms with Crippen LogP contribution in [-0.2, 0) is 13.3 Å². The average Bonchev–Trinajstić information content (AvgIpc) is 2.49. The van der Waals surface area contributed by atoms with E-state index in [0.29, 0.717) is 19.0 Å². The van der Waals surface area contributed by atoms with Gasteiger partial charge in [0.2, 0.25) is 0 Å². The maximum absolute atomic E-state index is 8.50. The first-order chi connectivity index (χ1) is 9.72. The van der Waals surface area contributed by atoms with Crippen LogP contribution in [0, 0.1) is 10.7 Å². The Hall–Kier alpha value is -1.04. The van der Waals surface area contributed by atoms with Crippen molar-refractivity contribution >= 4 is 25.8 Å². The van der Waals surface area contributed by atoms with E-state index in [1.165, 1.54) is 0 Å². The lowest BCUT2D eigenvalue weighted by atomic mass is 10.3. The van der Waals surface area contributed by atoms with Gasteiger partial charge in [-0.15, -0.1) is 0 Å². The molecule has 0 atom stereocenters. The number of hydrogen-bond donors (Lipinski definition) is 0. The molecule has 1 aromatic carbocycles. The smallest absolute Gasteiger partial charge is 0.494 e. The molecule has 0 N–H and O–H groups in total. The molecular formula is C13H19NO4SSi. The second-order valence-electron chi connectivity index (χ2n) is 3.71. The summed E-state index contributed by atoms with van der Waals surface area (Å²) in [5.74, 6) is 1.38. The summed E-state index contributed by atoms with van der Waals surface area (Å²) in [5.41, 5.74) is 0. The van der Waals surface area contributed by atoms with E-state index in [1.807, 2.05) is 36.6 Å². The Bertz CT molecular complexity index is 431. The monoisotopic (exact) mass is 313 g/mol. The van der Waals surface area contributed by atoms with E-state index >= 15 is 0 Å². The fraction of sp³-hybridized carbons (Fsp3) is 0.462. The minimum atomic E-state index is -2.89. The van der Waals surface area contributed by atoms with Crippen LogP contribution < -0.4 is 9.92 Å². The predicted molar refractivity (Wildman–Crippen MR) is 81.0 cm³/mol. The topological polar surface area (TPSA) is 60.7 Å². The predicted octanol–water partition coefficient (Wildman–Crippen LogP) is 1.75. The Morgan fingerprint density at radius 2 is 1.85 bits per heavy atom. The van der Waals surface area contributed by atoms with E-state index in [0.717, 1.165) is 22.7 Å². The van der Waals surface area contributed by atoms with Crippen molar-refractivity contribution in [3.63, 3.8) is 0 Å². The van der Waals surface area contributed by atoms with Crippen molar-refractivity contribution in [2.24, 2.45) is 0 Å². The molecule has 0 spiro atoms. The van der Waals surface area contributed by atoms with Gasteiger partial charge in [0.1, 0.15) is 11.2 Å². The van der Waals surface area contributed by atoms with Crippen molar-refractivity contribution in [3.05, 3.63) is 24.3 Å². The van der Waals surface area contributed by atoms with Crippen LogP contribution in [-0.4, -0.2) is 42.0 Å². The van der Waals surface area contributed by atoms with Crippen molar-refractivity contribution < 1.29 is 18.0 Å². The van der Waals surface area contributed by atoms with Gasteiger partial charge in [0.25, 0.3) is 0 Å². The van der Waals surface area contributed by atoms with Crippen LogP contribution in [0.25, 0.3) is 0 Å². The molecule has 1 rings (SSSR count). The number of thioether (sulfide) groups is 1. The standard InChI is InChI=1S/C13H19NO4SSi/c1-4-17-12-5-7-13(8-6-12)20(15-2,16-3)18-9-10-19-11-14/h5-8H,4,9-10H2,1-3H3. The highest BCUT2D eigenvalue weighted by atomic mass is 32.2. The van der Waals surface area contributed by atoms with Crippen molar-refractivity contribution in [1.29, 1.82) is 5.26 Å². The zero-order valence-electron chi connectivity index (χ0n) is 11.9. The second-order valence-corrected chi connectivity index (χ2v) is 7.38. The fourth-order valence-electron chi connectivity index (χ4n) is 1.71. The summed E-state index contributed by atoms with van der Waals surface area (Å²) < 4.78 is 22.2. The van der Waals surface area contributed by atoms with E-state index in [1.54, 1.807) is 14.2 Å². The highest BCUT2D eigenvalue weighted by Gasteiger charge is 2.41.